The number of aryl methyl sites for hydroxylation is 2. The first-order chi connectivity index (χ1) is 7.95. The number of rotatable bonds is 4. The monoisotopic (exact) mass is 233 g/mol. The van der Waals surface area contributed by atoms with Crippen LogP contribution in [0.25, 0.3) is 0 Å². The summed E-state index contributed by atoms with van der Waals surface area (Å²) in [4.78, 5) is 23.7. The van der Waals surface area contributed by atoms with Crippen LogP contribution in [0.15, 0.2) is 18.2 Å². The van der Waals surface area contributed by atoms with Crippen LogP contribution in [0.2, 0.25) is 0 Å². The third-order valence-corrected chi connectivity index (χ3v) is 2.83. The van der Waals surface area contributed by atoms with Gasteiger partial charge in [0, 0.05) is 11.6 Å². The lowest BCUT2D eigenvalue weighted by molar-refractivity contribution is -0.117. The minimum Gasteiger partial charge on any atom is -0.347 e. The Morgan fingerprint density at radius 3 is 2.53 bits per heavy atom. The van der Waals surface area contributed by atoms with Crippen molar-refractivity contribution in [1.29, 1.82) is 0 Å². The van der Waals surface area contributed by atoms with Crippen LogP contribution in [-0.2, 0) is 4.79 Å². The molecule has 17 heavy (non-hydrogen) atoms. The maximum atomic E-state index is 12.0. The van der Waals surface area contributed by atoms with E-state index in [0.717, 1.165) is 17.5 Å². The first kappa shape index (κ1) is 13.4. The molecule has 1 unspecified atom stereocenters. The van der Waals surface area contributed by atoms with Crippen molar-refractivity contribution in [3.8, 4) is 0 Å². The molecule has 1 aromatic rings. The summed E-state index contributed by atoms with van der Waals surface area (Å²) in [7, 11) is 0. The SMILES string of the molecule is CCC(C)NC(=O)C(=O)c1cc(C)ccc1C. The fraction of sp³-hybridized carbons (Fsp3) is 0.429. The Balaban J connectivity index is 2.89. The van der Waals surface area contributed by atoms with Gasteiger partial charge in [-0.2, -0.15) is 0 Å². The van der Waals surface area contributed by atoms with E-state index < -0.39 is 11.7 Å². The van der Waals surface area contributed by atoms with E-state index in [2.05, 4.69) is 5.32 Å². The molecule has 0 radical (unpaired) electrons. The minimum atomic E-state index is -0.520. The van der Waals surface area contributed by atoms with Crippen molar-refractivity contribution in [2.24, 2.45) is 0 Å². The maximum absolute atomic E-state index is 12.0. The van der Waals surface area contributed by atoms with Gasteiger partial charge >= 0.3 is 0 Å². The molecule has 92 valence electrons. The molecule has 0 aliphatic carbocycles. The highest BCUT2D eigenvalue weighted by Crippen LogP contribution is 2.11. The van der Waals surface area contributed by atoms with Crippen molar-refractivity contribution in [3.63, 3.8) is 0 Å². The Morgan fingerprint density at radius 2 is 1.94 bits per heavy atom. The van der Waals surface area contributed by atoms with Crippen LogP contribution in [0.3, 0.4) is 0 Å². The summed E-state index contributed by atoms with van der Waals surface area (Å²) in [5.74, 6) is -0.973. The summed E-state index contributed by atoms with van der Waals surface area (Å²) < 4.78 is 0. The summed E-state index contributed by atoms with van der Waals surface area (Å²) in [6.45, 7) is 7.59. The lowest BCUT2D eigenvalue weighted by atomic mass is 10.0. The van der Waals surface area contributed by atoms with E-state index in [0.29, 0.717) is 5.56 Å². The molecule has 0 aliphatic rings. The molecule has 0 heterocycles. The van der Waals surface area contributed by atoms with Crippen LogP contribution in [0.5, 0.6) is 0 Å². The van der Waals surface area contributed by atoms with Gasteiger partial charge in [-0.25, -0.2) is 0 Å². The number of Topliss-reactive ketones (excluding diaryl/α,β-unsaturated/α-hetero) is 1. The van der Waals surface area contributed by atoms with E-state index >= 15 is 0 Å². The number of ketones is 1. The molecule has 3 heteroatoms. The maximum Gasteiger partial charge on any atom is 0.292 e. The zero-order chi connectivity index (χ0) is 13.0. The van der Waals surface area contributed by atoms with Crippen molar-refractivity contribution in [3.05, 3.63) is 34.9 Å². The van der Waals surface area contributed by atoms with E-state index in [4.69, 9.17) is 0 Å². The molecule has 0 aliphatic heterocycles. The molecule has 0 aromatic heterocycles. The van der Waals surface area contributed by atoms with Gasteiger partial charge in [-0.15, -0.1) is 0 Å². The Morgan fingerprint density at radius 1 is 1.29 bits per heavy atom. The number of amides is 1. The molecule has 3 nitrogen and oxygen atoms in total. The molecule has 0 saturated heterocycles. The van der Waals surface area contributed by atoms with Gasteiger partial charge in [0.05, 0.1) is 0 Å². The molecule has 0 saturated carbocycles. The second-order valence-electron chi connectivity index (χ2n) is 4.43. The van der Waals surface area contributed by atoms with Crippen LogP contribution in [0.1, 0.15) is 41.8 Å². The van der Waals surface area contributed by atoms with E-state index in [1.54, 1.807) is 6.07 Å². The quantitative estimate of drug-likeness (QED) is 0.641. The molecule has 1 N–H and O–H groups in total. The predicted octanol–water partition coefficient (Wildman–Crippen LogP) is 2.40. The Hall–Kier alpha value is -1.64. The summed E-state index contributed by atoms with van der Waals surface area (Å²) in [6.07, 6.45) is 0.811. The molecule has 0 fully saturated rings. The van der Waals surface area contributed by atoms with Gasteiger partial charge in [-0.1, -0.05) is 24.6 Å². The highest BCUT2D eigenvalue weighted by atomic mass is 16.2. The Kier molecular flexibility index (Phi) is 4.44. The molecular weight excluding hydrogens is 214 g/mol. The number of hydrogen-bond acceptors (Lipinski definition) is 2. The third-order valence-electron chi connectivity index (χ3n) is 2.83. The van der Waals surface area contributed by atoms with Crippen molar-refractivity contribution in [2.45, 2.75) is 40.2 Å². The second kappa shape index (κ2) is 5.62. The van der Waals surface area contributed by atoms with E-state index in [-0.39, 0.29) is 6.04 Å². The topological polar surface area (TPSA) is 46.2 Å². The van der Waals surface area contributed by atoms with Crippen molar-refractivity contribution >= 4 is 11.7 Å². The van der Waals surface area contributed by atoms with Gasteiger partial charge < -0.3 is 5.32 Å². The predicted molar refractivity (Wildman–Crippen MR) is 68.1 cm³/mol. The first-order valence-electron chi connectivity index (χ1n) is 5.88. The molecule has 0 bridgehead atoms. The number of benzene rings is 1. The fourth-order valence-electron chi connectivity index (χ4n) is 1.49. The van der Waals surface area contributed by atoms with E-state index in [1.165, 1.54) is 0 Å². The van der Waals surface area contributed by atoms with Crippen LogP contribution in [-0.4, -0.2) is 17.7 Å². The van der Waals surface area contributed by atoms with Crippen LogP contribution >= 0.6 is 0 Å². The van der Waals surface area contributed by atoms with Crippen LogP contribution in [0, 0.1) is 13.8 Å². The summed E-state index contributed by atoms with van der Waals surface area (Å²) >= 11 is 0. The molecule has 1 amide bonds. The lowest BCUT2D eigenvalue weighted by Crippen LogP contribution is -2.37. The molecule has 0 spiro atoms. The zero-order valence-electron chi connectivity index (χ0n) is 10.8. The summed E-state index contributed by atoms with van der Waals surface area (Å²) in [5.41, 5.74) is 2.31. The standard InChI is InChI=1S/C14H19NO2/c1-5-11(4)15-14(17)13(16)12-8-9(2)6-7-10(12)3/h6-8,11H,5H2,1-4H3,(H,15,17). The first-order valence-corrected chi connectivity index (χ1v) is 5.88. The zero-order valence-corrected chi connectivity index (χ0v) is 10.8. The van der Waals surface area contributed by atoms with Gasteiger partial charge in [0.2, 0.25) is 5.78 Å². The molecule has 1 aromatic carbocycles. The van der Waals surface area contributed by atoms with Gasteiger partial charge in [0.1, 0.15) is 0 Å². The van der Waals surface area contributed by atoms with Crippen molar-refractivity contribution in [2.75, 3.05) is 0 Å². The van der Waals surface area contributed by atoms with Gasteiger partial charge in [-0.05, 0) is 38.8 Å². The highest BCUT2D eigenvalue weighted by Gasteiger charge is 2.19. The number of hydrogen-bond donors (Lipinski definition) is 1. The second-order valence-corrected chi connectivity index (χ2v) is 4.43. The Labute approximate surface area is 102 Å². The summed E-state index contributed by atoms with van der Waals surface area (Å²) in [5, 5.41) is 2.69. The minimum absolute atomic E-state index is 0.0246. The lowest BCUT2D eigenvalue weighted by Gasteiger charge is -2.11. The van der Waals surface area contributed by atoms with Crippen molar-refractivity contribution < 1.29 is 9.59 Å². The largest absolute Gasteiger partial charge is 0.347 e. The molecular formula is C14H19NO2. The number of carbonyl (C=O) groups is 2. The molecule has 1 atom stereocenters. The van der Waals surface area contributed by atoms with Gasteiger partial charge in [0.15, 0.2) is 0 Å². The van der Waals surface area contributed by atoms with Crippen LogP contribution in [0.4, 0.5) is 0 Å². The van der Waals surface area contributed by atoms with E-state index in [9.17, 15) is 9.59 Å². The average Bonchev–Trinajstić information content (AvgIpc) is 2.31. The number of nitrogens with one attached hydrogen (secondary N) is 1. The normalized spacial score (nSPS) is 12.0. The van der Waals surface area contributed by atoms with Crippen LogP contribution < -0.4 is 5.32 Å². The van der Waals surface area contributed by atoms with E-state index in [1.807, 2.05) is 39.8 Å². The van der Waals surface area contributed by atoms with Crippen molar-refractivity contribution in [1.82, 2.24) is 5.32 Å². The summed E-state index contributed by atoms with van der Waals surface area (Å²) in [6, 6.07) is 5.57. The van der Waals surface area contributed by atoms with Gasteiger partial charge in [0.25, 0.3) is 5.91 Å². The number of carbonyl (C=O) groups excluding carboxylic acids is 2. The Bertz CT molecular complexity index is 438. The highest BCUT2D eigenvalue weighted by molar-refractivity contribution is 6.43. The average molecular weight is 233 g/mol. The van der Waals surface area contributed by atoms with Gasteiger partial charge in [-0.3, -0.25) is 9.59 Å². The third kappa shape index (κ3) is 3.41. The smallest absolute Gasteiger partial charge is 0.292 e. The molecule has 1 rings (SSSR count). The fourth-order valence-corrected chi connectivity index (χ4v) is 1.49.